The highest BCUT2D eigenvalue weighted by atomic mass is 32.1. The number of guanidine groups is 1. The van der Waals surface area contributed by atoms with E-state index in [-0.39, 0.29) is 11.8 Å². The zero-order valence-electron chi connectivity index (χ0n) is 16.0. The maximum absolute atomic E-state index is 11.2. The summed E-state index contributed by atoms with van der Waals surface area (Å²) in [5.41, 5.74) is 5.38. The molecular formula is C18H32N6OS. The molecule has 0 radical (unpaired) electrons. The van der Waals surface area contributed by atoms with E-state index in [0.29, 0.717) is 6.54 Å². The third-order valence-electron chi connectivity index (χ3n) is 4.76. The molecule has 0 aromatic carbocycles. The van der Waals surface area contributed by atoms with Crippen molar-refractivity contribution in [2.24, 2.45) is 16.6 Å². The number of aromatic nitrogens is 1. The lowest BCUT2D eigenvalue weighted by Crippen LogP contribution is -2.39. The molecular weight excluding hydrogens is 348 g/mol. The van der Waals surface area contributed by atoms with Gasteiger partial charge < -0.3 is 21.3 Å². The Labute approximate surface area is 160 Å². The number of unbranched alkanes of at least 4 members (excludes halogenated alkanes) is 1. The van der Waals surface area contributed by atoms with Crippen molar-refractivity contribution in [1.82, 2.24) is 20.5 Å². The van der Waals surface area contributed by atoms with E-state index in [1.165, 1.54) is 4.88 Å². The number of primary amides is 1. The summed E-state index contributed by atoms with van der Waals surface area (Å²) in [5, 5.41) is 7.75. The first kappa shape index (κ1) is 20.6. The van der Waals surface area contributed by atoms with Crippen LogP contribution in [-0.4, -0.2) is 55.0 Å². The number of hydrogen-bond acceptors (Lipinski definition) is 5. The molecule has 1 aliphatic heterocycles. The Morgan fingerprint density at radius 3 is 2.77 bits per heavy atom. The maximum atomic E-state index is 11.2. The minimum absolute atomic E-state index is 0.0774. The zero-order chi connectivity index (χ0) is 18.8. The quantitative estimate of drug-likeness (QED) is 0.341. The van der Waals surface area contributed by atoms with Gasteiger partial charge in [0, 0.05) is 30.6 Å². The summed E-state index contributed by atoms with van der Waals surface area (Å²) in [5.74, 6) is 0.755. The molecule has 2 rings (SSSR count). The third-order valence-corrected chi connectivity index (χ3v) is 5.91. The van der Waals surface area contributed by atoms with Crippen molar-refractivity contribution in [2.75, 3.05) is 33.2 Å². The van der Waals surface area contributed by atoms with Crippen molar-refractivity contribution < 1.29 is 4.79 Å². The second-order valence-electron chi connectivity index (χ2n) is 6.65. The van der Waals surface area contributed by atoms with Crippen molar-refractivity contribution in [1.29, 1.82) is 0 Å². The molecule has 146 valence electrons. The first-order valence-corrected chi connectivity index (χ1v) is 10.3. The minimum atomic E-state index is -0.142. The number of nitrogens with one attached hydrogen (secondary N) is 2. The van der Waals surface area contributed by atoms with Gasteiger partial charge in [-0.1, -0.05) is 6.92 Å². The molecule has 2 heterocycles. The molecule has 1 saturated heterocycles. The van der Waals surface area contributed by atoms with Crippen LogP contribution in [0.5, 0.6) is 0 Å². The molecule has 0 unspecified atom stereocenters. The topological polar surface area (TPSA) is 95.6 Å². The first-order valence-electron chi connectivity index (χ1n) is 9.52. The molecule has 0 spiro atoms. The third kappa shape index (κ3) is 6.92. The van der Waals surface area contributed by atoms with Gasteiger partial charge in [0.25, 0.3) is 0 Å². The summed E-state index contributed by atoms with van der Waals surface area (Å²) in [6.45, 7) is 6.80. The number of hydrogen-bond donors (Lipinski definition) is 3. The van der Waals surface area contributed by atoms with E-state index in [1.807, 2.05) is 6.20 Å². The molecule has 0 bridgehead atoms. The van der Waals surface area contributed by atoms with Crippen molar-refractivity contribution in [2.45, 2.75) is 45.6 Å². The van der Waals surface area contributed by atoms with Crippen LogP contribution < -0.4 is 16.4 Å². The number of aliphatic imine (C=N–C) groups is 1. The average molecular weight is 381 g/mol. The fourth-order valence-corrected chi connectivity index (χ4v) is 3.88. The van der Waals surface area contributed by atoms with E-state index in [9.17, 15) is 4.79 Å². The highest BCUT2D eigenvalue weighted by Gasteiger charge is 2.22. The van der Waals surface area contributed by atoms with Gasteiger partial charge in [0.2, 0.25) is 5.91 Å². The number of piperidine rings is 1. The summed E-state index contributed by atoms with van der Waals surface area (Å²) >= 11 is 1.74. The second-order valence-corrected chi connectivity index (χ2v) is 7.85. The summed E-state index contributed by atoms with van der Waals surface area (Å²) in [6.07, 6.45) is 7.02. The molecule has 8 heteroatoms. The summed E-state index contributed by atoms with van der Waals surface area (Å²) in [4.78, 5) is 23.6. The van der Waals surface area contributed by atoms with Crippen LogP contribution in [0.15, 0.2) is 11.2 Å². The van der Waals surface area contributed by atoms with Crippen LogP contribution in [0.25, 0.3) is 0 Å². The predicted octanol–water partition coefficient (Wildman–Crippen LogP) is 1.35. The standard InChI is InChI=1S/C18H32N6OS/c1-3-15-12-22-16(26-15)13-23-18(20-2)21-8-4-5-9-24-10-6-14(7-11-24)17(19)25/h12,14H,3-11,13H2,1-2H3,(H2,19,25)(H2,20,21,23). The number of thiazole rings is 1. The number of rotatable bonds is 9. The van der Waals surface area contributed by atoms with Gasteiger partial charge in [-0.3, -0.25) is 9.79 Å². The Hall–Kier alpha value is -1.67. The van der Waals surface area contributed by atoms with E-state index in [2.05, 4.69) is 32.4 Å². The second kappa shape index (κ2) is 11.1. The number of amides is 1. The highest BCUT2D eigenvalue weighted by Crippen LogP contribution is 2.16. The fraction of sp³-hybridized carbons (Fsp3) is 0.722. The molecule has 4 N–H and O–H groups in total. The largest absolute Gasteiger partial charge is 0.369 e. The van der Waals surface area contributed by atoms with Crippen LogP contribution in [0.3, 0.4) is 0 Å². The molecule has 0 aliphatic carbocycles. The fourth-order valence-electron chi connectivity index (χ4n) is 3.08. The predicted molar refractivity (Wildman–Crippen MR) is 107 cm³/mol. The highest BCUT2D eigenvalue weighted by molar-refractivity contribution is 7.11. The van der Waals surface area contributed by atoms with E-state index in [4.69, 9.17) is 5.73 Å². The molecule has 0 atom stereocenters. The van der Waals surface area contributed by atoms with Crippen LogP contribution in [0.2, 0.25) is 0 Å². The first-order chi connectivity index (χ1) is 12.6. The number of aryl methyl sites for hydroxylation is 1. The van der Waals surface area contributed by atoms with Gasteiger partial charge in [0.15, 0.2) is 5.96 Å². The SMILES string of the molecule is CCc1cnc(CNC(=NC)NCCCCN2CCC(C(N)=O)CC2)s1. The lowest BCUT2D eigenvalue weighted by atomic mass is 9.96. The summed E-state index contributed by atoms with van der Waals surface area (Å²) in [7, 11) is 1.79. The molecule has 1 fully saturated rings. The van der Waals surface area contributed by atoms with E-state index in [0.717, 1.165) is 69.3 Å². The molecule has 0 saturated carbocycles. The van der Waals surface area contributed by atoms with Gasteiger partial charge in [-0.15, -0.1) is 11.3 Å². The Morgan fingerprint density at radius 2 is 2.15 bits per heavy atom. The monoisotopic (exact) mass is 380 g/mol. The number of nitrogens with two attached hydrogens (primary N) is 1. The Bertz CT molecular complexity index is 580. The van der Waals surface area contributed by atoms with E-state index >= 15 is 0 Å². The molecule has 26 heavy (non-hydrogen) atoms. The maximum Gasteiger partial charge on any atom is 0.220 e. The Kier molecular flexibility index (Phi) is 8.84. The van der Waals surface area contributed by atoms with E-state index in [1.54, 1.807) is 18.4 Å². The lowest BCUT2D eigenvalue weighted by molar-refractivity contribution is -0.123. The molecule has 1 aromatic heterocycles. The zero-order valence-corrected chi connectivity index (χ0v) is 16.8. The number of carbonyl (C=O) groups excluding carboxylic acids is 1. The molecule has 1 aliphatic rings. The Balaban J connectivity index is 1.54. The molecule has 1 aromatic rings. The average Bonchev–Trinajstić information content (AvgIpc) is 3.12. The van der Waals surface area contributed by atoms with Crippen molar-refractivity contribution in [3.8, 4) is 0 Å². The number of carbonyl (C=O) groups is 1. The van der Waals surface area contributed by atoms with Crippen LogP contribution in [0, 0.1) is 5.92 Å². The van der Waals surface area contributed by atoms with E-state index < -0.39 is 0 Å². The van der Waals surface area contributed by atoms with Gasteiger partial charge >= 0.3 is 0 Å². The van der Waals surface area contributed by atoms with Crippen molar-refractivity contribution >= 4 is 23.2 Å². The molecule has 7 nitrogen and oxygen atoms in total. The Morgan fingerprint density at radius 1 is 1.38 bits per heavy atom. The van der Waals surface area contributed by atoms with Crippen LogP contribution in [0.1, 0.15) is 42.5 Å². The van der Waals surface area contributed by atoms with Gasteiger partial charge in [-0.05, 0) is 51.7 Å². The van der Waals surface area contributed by atoms with Gasteiger partial charge in [0.05, 0.1) is 6.54 Å². The van der Waals surface area contributed by atoms with Crippen molar-refractivity contribution in [3.63, 3.8) is 0 Å². The number of likely N-dealkylation sites (tertiary alicyclic amines) is 1. The van der Waals surface area contributed by atoms with Crippen molar-refractivity contribution in [3.05, 3.63) is 16.1 Å². The number of nitrogens with zero attached hydrogens (tertiary/aromatic N) is 3. The van der Waals surface area contributed by atoms with Crippen LogP contribution in [0.4, 0.5) is 0 Å². The minimum Gasteiger partial charge on any atom is -0.369 e. The smallest absolute Gasteiger partial charge is 0.220 e. The molecule has 1 amide bonds. The van der Waals surface area contributed by atoms with Gasteiger partial charge in [-0.2, -0.15) is 0 Å². The van der Waals surface area contributed by atoms with Gasteiger partial charge in [-0.25, -0.2) is 4.98 Å². The summed E-state index contributed by atoms with van der Waals surface area (Å²) in [6, 6.07) is 0. The lowest BCUT2D eigenvalue weighted by Gasteiger charge is -2.30. The normalized spacial score (nSPS) is 16.6. The van der Waals surface area contributed by atoms with Crippen LogP contribution in [-0.2, 0) is 17.8 Å². The van der Waals surface area contributed by atoms with Crippen LogP contribution >= 0.6 is 11.3 Å². The van der Waals surface area contributed by atoms with Gasteiger partial charge in [0.1, 0.15) is 5.01 Å². The summed E-state index contributed by atoms with van der Waals surface area (Å²) < 4.78 is 0.